The number of nitrogens with one attached hydrogen (secondary N) is 2. The van der Waals surface area contributed by atoms with Crippen LogP contribution in [0, 0.1) is 17.8 Å². The van der Waals surface area contributed by atoms with Crippen molar-refractivity contribution in [2.45, 2.75) is 78.8 Å². The van der Waals surface area contributed by atoms with E-state index in [1.54, 1.807) is 13.8 Å². The molecular formula is C19H34N2O4. The van der Waals surface area contributed by atoms with Gasteiger partial charge in [-0.1, -0.05) is 27.2 Å². The Kier molecular flexibility index (Phi) is 8.93. The maximum absolute atomic E-state index is 12.6. The van der Waals surface area contributed by atoms with Crippen LogP contribution in [0.3, 0.4) is 0 Å². The molecule has 0 spiro atoms. The first-order valence-electron chi connectivity index (χ1n) is 9.57. The number of rotatable bonds is 8. The number of carbonyl (C=O) groups is 3. The van der Waals surface area contributed by atoms with Gasteiger partial charge >= 0.3 is 5.97 Å². The van der Waals surface area contributed by atoms with E-state index in [2.05, 4.69) is 17.6 Å². The van der Waals surface area contributed by atoms with Crippen LogP contribution in [-0.4, -0.2) is 36.5 Å². The molecule has 1 fully saturated rings. The zero-order chi connectivity index (χ0) is 19.0. The van der Waals surface area contributed by atoms with E-state index in [4.69, 9.17) is 4.74 Å². The van der Waals surface area contributed by atoms with Gasteiger partial charge in [0.05, 0.1) is 6.61 Å². The fraction of sp³-hybridized carbons (Fsp3) is 0.842. The minimum absolute atomic E-state index is 0.0145. The van der Waals surface area contributed by atoms with Gasteiger partial charge in [0, 0.05) is 5.92 Å². The third-order valence-corrected chi connectivity index (χ3v) is 5.04. The van der Waals surface area contributed by atoms with Crippen LogP contribution >= 0.6 is 0 Å². The molecule has 1 rings (SSSR count). The third-order valence-electron chi connectivity index (χ3n) is 5.04. The van der Waals surface area contributed by atoms with E-state index in [0.29, 0.717) is 0 Å². The number of carbonyl (C=O) groups excluding carboxylic acids is 3. The first kappa shape index (κ1) is 21.5. The number of hydrogen-bond donors (Lipinski definition) is 2. The lowest BCUT2D eigenvalue weighted by molar-refractivity contribution is -0.147. The van der Waals surface area contributed by atoms with Crippen LogP contribution in [0.25, 0.3) is 0 Å². The fourth-order valence-electron chi connectivity index (χ4n) is 3.27. The summed E-state index contributed by atoms with van der Waals surface area (Å²) in [4.78, 5) is 36.7. The van der Waals surface area contributed by atoms with Gasteiger partial charge in [0.1, 0.15) is 12.1 Å². The molecule has 25 heavy (non-hydrogen) atoms. The Morgan fingerprint density at radius 3 is 2.08 bits per heavy atom. The van der Waals surface area contributed by atoms with Gasteiger partial charge < -0.3 is 15.4 Å². The molecule has 0 heterocycles. The molecule has 6 nitrogen and oxygen atoms in total. The molecule has 1 aliphatic rings. The number of amides is 2. The van der Waals surface area contributed by atoms with Crippen molar-refractivity contribution in [1.82, 2.24) is 10.6 Å². The van der Waals surface area contributed by atoms with Crippen LogP contribution in [-0.2, 0) is 19.1 Å². The molecule has 1 saturated carbocycles. The van der Waals surface area contributed by atoms with E-state index in [1.807, 2.05) is 13.8 Å². The molecule has 0 radical (unpaired) electrons. The molecule has 0 aromatic carbocycles. The Balaban J connectivity index is 2.59. The topological polar surface area (TPSA) is 84.5 Å². The summed E-state index contributed by atoms with van der Waals surface area (Å²) in [5.41, 5.74) is 0. The summed E-state index contributed by atoms with van der Waals surface area (Å²) in [5.74, 6) is -0.218. The largest absolute Gasteiger partial charge is 0.464 e. The van der Waals surface area contributed by atoms with Gasteiger partial charge in [-0.15, -0.1) is 0 Å². The lowest BCUT2D eigenvalue weighted by Crippen LogP contribution is -2.54. The second-order valence-electron chi connectivity index (χ2n) is 7.34. The summed E-state index contributed by atoms with van der Waals surface area (Å²) in [6.45, 7) is 9.53. The Hall–Kier alpha value is -1.59. The van der Waals surface area contributed by atoms with Gasteiger partial charge in [0.25, 0.3) is 0 Å². The van der Waals surface area contributed by atoms with Crippen molar-refractivity contribution in [3.8, 4) is 0 Å². The lowest BCUT2D eigenvalue weighted by Gasteiger charge is -2.29. The quantitative estimate of drug-likeness (QED) is 0.656. The van der Waals surface area contributed by atoms with Crippen molar-refractivity contribution in [1.29, 1.82) is 0 Å². The summed E-state index contributed by atoms with van der Waals surface area (Å²) < 4.78 is 4.90. The summed E-state index contributed by atoms with van der Waals surface area (Å²) in [7, 11) is 0. The summed E-state index contributed by atoms with van der Waals surface area (Å²) in [6, 6.07) is -1.38. The molecule has 0 aliphatic heterocycles. The van der Waals surface area contributed by atoms with Crippen LogP contribution in [0.1, 0.15) is 66.7 Å². The number of ether oxygens (including phenoxy) is 1. The van der Waals surface area contributed by atoms with E-state index in [-0.39, 0.29) is 30.3 Å². The van der Waals surface area contributed by atoms with Gasteiger partial charge in [-0.3, -0.25) is 9.59 Å². The predicted molar refractivity (Wildman–Crippen MR) is 96.7 cm³/mol. The van der Waals surface area contributed by atoms with Crippen molar-refractivity contribution >= 4 is 17.8 Å². The predicted octanol–water partition coefficient (Wildman–Crippen LogP) is 2.41. The highest BCUT2D eigenvalue weighted by atomic mass is 16.5. The molecule has 0 aromatic rings. The minimum Gasteiger partial charge on any atom is -0.464 e. The van der Waals surface area contributed by atoms with Crippen LogP contribution in [0.15, 0.2) is 0 Å². The van der Waals surface area contributed by atoms with Crippen molar-refractivity contribution < 1.29 is 19.1 Å². The highest BCUT2D eigenvalue weighted by Crippen LogP contribution is 2.30. The molecule has 1 aliphatic carbocycles. The minimum atomic E-state index is -0.731. The molecule has 0 saturated heterocycles. The first-order valence-corrected chi connectivity index (χ1v) is 9.57. The van der Waals surface area contributed by atoms with Gasteiger partial charge in [-0.05, 0) is 51.4 Å². The Bertz CT molecular complexity index is 456. The van der Waals surface area contributed by atoms with Crippen molar-refractivity contribution in [2.24, 2.45) is 17.8 Å². The molecule has 2 N–H and O–H groups in total. The summed E-state index contributed by atoms with van der Waals surface area (Å²) in [6.07, 6.45) is 5.09. The van der Waals surface area contributed by atoms with Crippen LogP contribution < -0.4 is 10.6 Å². The molecular weight excluding hydrogens is 320 g/mol. The Labute approximate surface area is 151 Å². The van der Waals surface area contributed by atoms with E-state index in [9.17, 15) is 14.4 Å². The maximum Gasteiger partial charge on any atom is 0.328 e. The summed E-state index contributed by atoms with van der Waals surface area (Å²) in [5, 5.41) is 5.53. The van der Waals surface area contributed by atoms with Crippen molar-refractivity contribution in [3.63, 3.8) is 0 Å². The zero-order valence-corrected chi connectivity index (χ0v) is 16.3. The molecule has 0 unspecified atom stereocenters. The molecule has 0 aromatic heterocycles. The van der Waals surface area contributed by atoms with Crippen LogP contribution in [0.2, 0.25) is 0 Å². The summed E-state index contributed by atoms with van der Waals surface area (Å²) >= 11 is 0. The average molecular weight is 354 g/mol. The smallest absolute Gasteiger partial charge is 0.328 e. The van der Waals surface area contributed by atoms with E-state index < -0.39 is 18.1 Å². The lowest BCUT2D eigenvalue weighted by atomic mass is 9.80. The molecule has 0 bridgehead atoms. The van der Waals surface area contributed by atoms with E-state index in [0.717, 1.165) is 38.0 Å². The molecule has 2 amide bonds. The van der Waals surface area contributed by atoms with Gasteiger partial charge in [0.15, 0.2) is 0 Å². The van der Waals surface area contributed by atoms with Gasteiger partial charge in [-0.25, -0.2) is 4.79 Å². The maximum atomic E-state index is 12.6. The van der Waals surface area contributed by atoms with Crippen molar-refractivity contribution in [3.05, 3.63) is 0 Å². The molecule has 2 atom stereocenters. The molecule has 6 heteroatoms. The number of hydrogen-bond acceptors (Lipinski definition) is 4. The Morgan fingerprint density at radius 1 is 1.00 bits per heavy atom. The van der Waals surface area contributed by atoms with Gasteiger partial charge in [-0.2, -0.15) is 0 Å². The van der Waals surface area contributed by atoms with Gasteiger partial charge in [0.2, 0.25) is 11.8 Å². The van der Waals surface area contributed by atoms with Crippen LogP contribution in [0.4, 0.5) is 0 Å². The standard InChI is InChI=1S/C19H34N2O4/c1-6-14-8-10-15(11-9-14)17(22)21-16(12(3)4)18(23)20-13(5)19(24)25-7-2/h12-16H,6-11H2,1-5H3,(H,20,23)(H,21,22)/t13-,14?,15?,16+/m1/s1. The van der Waals surface area contributed by atoms with Crippen molar-refractivity contribution in [2.75, 3.05) is 6.61 Å². The average Bonchev–Trinajstić information content (AvgIpc) is 2.59. The highest BCUT2D eigenvalue weighted by Gasteiger charge is 2.31. The monoisotopic (exact) mass is 354 g/mol. The molecule has 144 valence electrons. The number of esters is 1. The van der Waals surface area contributed by atoms with E-state index >= 15 is 0 Å². The highest BCUT2D eigenvalue weighted by molar-refractivity contribution is 5.91. The van der Waals surface area contributed by atoms with E-state index in [1.165, 1.54) is 0 Å². The SMILES string of the molecule is CCOC(=O)[C@@H](C)NC(=O)[C@@H](NC(=O)C1CCC(CC)CC1)C(C)C. The second kappa shape index (κ2) is 10.4. The Morgan fingerprint density at radius 2 is 1.60 bits per heavy atom. The third kappa shape index (κ3) is 6.67. The first-order chi connectivity index (χ1) is 11.8. The zero-order valence-electron chi connectivity index (χ0n) is 16.3. The van der Waals surface area contributed by atoms with Crippen LogP contribution in [0.5, 0.6) is 0 Å². The fourth-order valence-corrected chi connectivity index (χ4v) is 3.27. The second-order valence-corrected chi connectivity index (χ2v) is 7.34. The normalized spacial score (nSPS) is 22.8.